The number of ketones is 1. The molecule has 0 bridgehead atoms. The molecule has 0 N–H and O–H groups in total. The van der Waals surface area contributed by atoms with E-state index in [1.165, 1.54) is 64.2 Å². The van der Waals surface area contributed by atoms with E-state index in [-0.39, 0.29) is 18.4 Å². The number of carbonyl (C=O) groups excluding carboxylic acids is 2. The van der Waals surface area contributed by atoms with Crippen LogP contribution in [0.1, 0.15) is 107 Å². The van der Waals surface area contributed by atoms with Gasteiger partial charge in [0.25, 0.3) is 0 Å². The Hall–Kier alpha value is -1.90. The molecule has 0 unspecified atom stereocenters. The first-order chi connectivity index (χ1) is 14.2. The van der Waals surface area contributed by atoms with Crippen LogP contribution in [0.4, 0.5) is 0 Å². The summed E-state index contributed by atoms with van der Waals surface area (Å²) in [6.07, 6.45) is 21.1. The van der Waals surface area contributed by atoms with E-state index in [1.54, 1.807) is 24.3 Å². The summed E-state index contributed by atoms with van der Waals surface area (Å²) >= 11 is 0. The van der Waals surface area contributed by atoms with Crippen molar-refractivity contribution in [3.63, 3.8) is 0 Å². The standard InChI is InChI=1S/C26H40O3/c1-2-3-4-5-6-7-8-9-10-11-12-13-14-15-19-22-26(28)29-23-25(27)24-20-17-16-18-21-24/h9-10,16-18,20-21H,2-8,11-15,19,22-23H2,1H3/b10-9-. The molecule has 0 aromatic heterocycles. The minimum atomic E-state index is -0.271. The van der Waals surface area contributed by atoms with E-state index in [1.807, 2.05) is 6.07 Å². The van der Waals surface area contributed by atoms with Crippen LogP contribution in [-0.4, -0.2) is 18.4 Å². The molecule has 0 radical (unpaired) electrons. The molecule has 1 aromatic rings. The van der Waals surface area contributed by atoms with Crippen molar-refractivity contribution in [3.05, 3.63) is 48.0 Å². The second-order valence-electron chi connectivity index (χ2n) is 7.78. The Labute approximate surface area is 177 Å². The van der Waals surface area contributed by atoms with Gasteiger partial charge in [-0.3, -0.25) is 9.59 Å². The van der Waals surface area contributed by atoms with Crippen molar-refractivity contribution in [2.24, 2.45) is 0 Å². The molecule has 0 spiro atoms. The second kappa shape index (κ2) is 18.1. The number of carbonyl (C=O) groups is 2. The van der Waals surface area contributed by atoms with Crippen molar-refractivity contribution in [2.45, 2.75) is 96.8 Å². The Bertz CT molecular complexity index is 563. The molecule has 3 heteroatoms. The summed E-state index contributed by atoms with van der Waals surface area (Å²) in [6, 6.07) is 8.94. The zero-order valence-electron chi connectivity index (χ0n) is 18.4. The molecule has 29 heavy (non-hydrogen) atoms. The molecule has 0 saturated carbocycles. The van der Waals surface area contributed by atoms with E-state index in [0.717, 1.165) is 19.3 Å². The summed E-state index contributed by atoms with van der Waals surface area (Å²) in [4.78, 5) is 23.6. The molecular weight excluding hydrogens is 360 g/mol. The number of esters is 1. The maximum atomic E-state index is 11.9. The molecule has 0 heterocycles. The van der Waals surface area contributed by atoms with Crippen LogP contribution >= 0.6 is 0 Å². The molecule has 162 valence electrons. The van der Waals surface area contributed by atoms with Gasteiger partial charge in [0.1, 0.15) is 0 Å². The largest absolute Gasteiger partial charge is 0.457 e. The molecule has 0 saturated heterocycles. The van der Waals surface area contributed by atoms with E-state index >= 15 is 0 Å². The van der Waals surface area contributed by atoms with E-state index in [2.05, 4.69) is 19.1 Å². The highest BCUT2D eigenvalue weighted by molar-refractivity contribution is 5.97. The molecule has 1 rings (SSSR count). The molecular formula is C26H40O3. The predicted octanol–water partition coefficient (Wildman–Crippen LogP) is 7.45. The summed E-state index contributed by atoms with van der Waals surface area (Å²) in [5, 5.41) is 0. The van der Waals surface area contributed by atoms with Crippen molar-refractivity contribution in [3.8, 4) is 0 Å². The smallest absolute Gasteiger partial charge is 0.306 e. The van der Waals surface area contributed by atoms with Gasteiger partial charge in [-0.1, -0.05) is 101 Å². The van der Waals surface area contributed by atoms with Gasteiger partial charge in [-0.2, -0.15) is 0 Å². The third-order valence-electron chi connectivity index (χ3n) is 5.10. The minimum absolute atomic E-state index is 0.150. The second-order valence-corrected chi connectivity index (χ2v) is 7.78. The summed E-state index contributed by atoms with van der Waals surface area (Å²) in [7, 11) is 0. The molecule has 0 aliphatic rings. The lowest BCUT2D eigenvalue weighted by atomic mass is 10.1. The number of unbranched alkanes of at least 4 members (excludes halogenated alkanes) is 11. The van der Waals surface area contributed by atoms with Crippen LogP contribution in [0.3, 0.4) is 0 Å². The summed E-state index contributed by atoms with van der Waals surface area (Å²) in [5.41, 5.74) is 0.585. The predicted molar refractivity (Wildman–Crippen MR) is 121 cm³/mol. The Kier molecular flexibility index (Phi) is 15.7. The van der Waals surface area contributed by atoms with Gasteiger partial charge in [0.2, 0.25) is 0 Å². The lowest BCUT2D eigenvalue weighted by Crippen LogP contribution is -2.13. The summed E-state index contributed by atoms with van der Waals surface area (Å²) in [5.74, 6) is -0.421. The van der Waals surface area contributed by atoms with Crippen molar-refractivity contribution >= 4 is 11.8 Å². The molecule has 1 aromatic carbocycles. The third kappa shape index (κ3) is 14.7. The van der Waals surface area contributed by atoms with Crippen LogP contribution in [0.25, 0.3) is 0 Å². The van der Waals surface area contributed by atoms with Crippen LogP contribution < -0.4 is 0 Å². The van der Waals surface area contributed by atoms with Crippen molar-refractivity contribution in [1.29, 1.82) is 0 Å². The Morgan fingerprint density at radius 2 is 1.31 bits per heavy atom. The molecule has 0 amide bonds. The van der Waals surface area contributed by atoms with E-state index in [0.29, 0.717) is 12.0 Å². The van der Waals surface area contributed by atoms with Crippen molar-refractivity contribution in [2.75, 3.05) is 6.61 Å². The van der Waals surface area contributed by atoms with Gasteiger partial charge >= 0.3 is 5.97 Å². The number of rotatable bonds is 18. The fraction of sp³-hybridized carbons (Fsp3) is 0.615. The fourth-order valence-electron chi connectivity index (χ4n) is 3.27. The maximum Gasteiger partial charge on any atom is 0.306 e. The highest BCUT2D eigenvalue weighted by Gasteiger charge is 2.09. The van der Waals surface area contributed by atoms with E-state index in [9.17, 15) is 9.59 Å². The number of hydrogen-bond acceptors (Lipinski definition) is 3. The van der Waals surface area contributed by atoms with Crippen LogP contribution in [0, 0.1) is 0 Å². The van der Waals surface area contributed by atoms with Gasteiger partial charge in [0, 0.05) is 12.0 Å². The lowest BCUT2D eigenvalue weighted by Gasteiger charge is -2.04. The normalized spacial score (nSPS) is 11.1. The van der Waals surface area contributed by atoms with Gasteiger partial charge in [-0.25, -0.2) is 0 Å². The lowest BCUT2D eigenvalue weighted by molar-refractivity contribution is -0.142. The highest BCUT2D eigenvalue weighted by atomic mass is 16.5. The monoisotopic (exact) mass is 400 g/mol. The Morgan fingerprint density at radius 3 is 1.93 bits per heavy atom. The van der Waals surface area contributed by atoms with E-state index < -0.39 is 0 Å². The maximum absolute atomic E-state index is 11.9. The third-order valence-corrected chi connectivity index (χ3v) is 5.10. The zero-order chi connectivity index (χ0) is 21.0. The van der Waals surface area contributed by atoms with Crippen molar-refractivity contribution in [1.82, 2.24) is 0 Å². The number of benzene rings is 1. The topological polar surface area (TPSA) is 43.4 Å². The number of ether oxygens (including phenoxy) is 1. The van der Waals surface area contributed by atoms with Crippen LogP contribution in [0.5, 0.6) is 0 Å². The molecule has 0 fully saturated rings. The van der Waals surface area contributed by atoms with Gasteiger partial charge in [0.05, 0.1) is 0 Å². The molecule has 0 atom stereocenters. The van der Waals surface area contributed by atoms with Crippen LogP contribution in [0.15, 0.2) is 42.5 Å². The number of allylic oxidation sites excluding steroid dienone is 2. The number of Topliss-reactive ketones (excluding diaryl/α,β-unsaturated/α-hetero) is 1. The Balaban J connectivity index is 1.87. The quantitative estimate of drug-likeness (QED) is 0.111. The van der Waals surface area contributed by atoms with Crippen molar-refractivity contribution < 1.29 is 14.3 Å². The Morgan fingerprint density at radius 1 is 0.759 bits per heavy atom. The first kappa shape index (κ1) is 25.1. The van der Waals surface area contributed by atoms with Gasteiger partial charge in [0.15, 0.2) is 12.4 Å². The number of hydrogen-bond donors (Lipinski definition) is 0. The average molecular weight is 401 g/mol. The van der Waals surface area contributed by atoms with Crippen LogP contribution in [-0.2, 0) is 9.53 Å². The highest BCUT2D eigenvalue weighted by Crippen LogP contribution is 2.10. The van der Waals surface area contributed by atoms with E-state index in [4.69, 9.17) is 4.74 Å². The first-order valence-electron chi connectivity index (χ1n) is 11.6. The first-order valence-corrected chi connectivity index (χ1v) is 11.6. The molecule has 0 aliphatic heterocycles. The van der Waals surface area contributed by atoms with Gasteiger partial charge in [-0.15, -0.1) is 0 Å². The average Bonchev–Trinajstić information content (AvgIpc) is 2.75. The molecule has 0 aliphatic carbocycles. The van der Waals surface area contributed by atoms with Gasteiger partial charge in [-0.05, 0) is 32.1 Å². The molecule has 3 nitrogen and oxygen atoms in total. The zero-order valence-corrected chi connectivity index (χ0v) is 18.4. The summed E-state index contributed by atoms with van der Waals surface area (Å²) < 4.78 is 5.08. The fourth-order valence-corrected chi connectivity index (χ4v) is 3.27. The van der Waals surface area contributed by atoms with Crippen LogP contribution in [0.2, 0.25) is 0 Å². The summed E-state index contributed by atoms with van der Waals surface area (Å²) in [6.45, 7) is 2.10. The SMILES string of the molecule is CCCCCCCC/C=C\CCCCCCCC(=O)OCC(=O)c1ccccc1. The van der Waals surface area contributed by atoms with Gasteiger partial charge < -0.3 is 4.74 Å². The minimum Gasteiger partial charge on any atom is -0.457 e.